The number of rotatable bonds is 10. The highest BCUT2D eigenvalue weighted by Gasteiger charge is 2.24. The number of nitrogens with two attached hydrogens (primary N) is 1. The molecule has 1 aromatic carbocycles. The molecule has 146 valence electrons. The van der Waals surface area contributed by atoms with Gasteiger partial charge < -0.3 is 21.7 Å². The Morgan fingerprint density at radius 2 is 1.73 bits per heavy atom. The molecule has 0 radical (unpaired) electrons. The molecule has 5 N–H and O–H groups in total. The van der Waals surface area contributed by atoms with Gasteiger partial charge in [0.2, 0.25) is 5.91 Å². The van der Waals surface area contributed by atoms with Crippen molar-refractivity contribution in [2.75, 3.05) is 6.54 Å². The molecule has 0 spiro atoms. The summed E-state index contributed by atoms with van der Waals surface area (Å²) in [5.74, 6) is -0.562. The van der Waals surface area contributed by atoms with Gasteiger partial charge in [-0.1, -0.05) is 39.3 Å². The average molecular weight is 366 g/mol. The number of halogens is 1. The van der Waals surface area contributed by atoms with Crippen molar-refractivity contribution in [2.45, 2.75) is 64.6 Å². The van der Waals surface area contributed by atoms with E-state index >= 15 is 0 Å². The van der Waals surface area contributed by atoms with E-state index < -0.39 is 17.6 Å². The lowest BCUT2D eigenvalue weighted by Gasteiger charge is -2.28. The zero-order valence-corrected chi connectivity index (χ0v) is 15.9. The average Bonchev–Trinajstić information content (AvgIpc) is 2.65. The molecule has 0 aromatic heterocycles. The maximum atomic E-state index is 12.9. The molecule has 1 aromatic rings. The van der Waals surface area contributed by atoms with Gasteiger partial charge >= 0.3 is 6.03 Å². The van der Waals surface area contributed by atoms with Crippen LogP contribution in [0.4, 0.5) is 9.18 Å². The van der Waals surface area contributed by atoms with Crippen molar-refractivity contribution in [2.24, 2.45) is 5.73 Å². The van der Waals surface area contributed by atoms with E-state index in [0.29, 0.717) is 13.0 Å². The van der Waals surface area contributed by atoms with Gasteiger partial charge in [0.15, 0.2) is 0 Å². The van der Waals surface area contributed by atoms with E-state index in [1.165, 1.54) is 12.1 Å². The lowest BCUT2D eigenvalue weighted by molar-refractivity contribution is -0.123. The van der Waals surface area contributed by atoms with Crippen molar-refractivity contribution in [1.29, 1.82) is 0 Å². The largest absolute Gasteiger partial charge is 0.352 e. The molecule has 1 atom stereocenters. The van der Waals surface area contributed by atoms with E-state index in [1.807, 2.05) is 20.8 Å². The predicted octanol–water partition coefficient (Wildman–Crippen LogP) is 2.43. The molecule has 3 amide bonds. The number of urea groups is 1. The number of carbonyl (C=O) groups excluding carboxylic acids is 2. The first kappa shape index (κ1) is 21.9. The summed E-state index contributed by atoms with van der Waals surface area (Å²) in [5.41, 5.74) is 6.54. The Hall–Kier alpha value is -2.15. The Bertz CT molecular complexity index is 573. The molecule has 0 fully saturated rings. The van der Waals surface area contributed by atoms with Crippen LogP contribution >= 0.6 is 0 Å². The minimum atomic E-state index is -0.619. The summed E-state index contributed by atoms with van der Waals surface area (Å²) >= 11 is 0. The van der Waals surface area contributed by atoms with E-state index in [0.717, 1.165) is 24.8 Å². The van der Waals surface area contributed by atoms with Crippen LogP contribution in [0.25, 0.3) is 0 Å². The lowest BCUT2D eigenvalue weighted by atomic mass is 9.94. The van der Waals surface area contributed by atoms with Crippen molar-refractivity contribution >= 4 is 11.9 Å². The van der Waals surface area contributed by atoms with Crippen molar-refractivity contribution in [3.05, 3.63) is 35.6 Å². The number of carbonyl (C=O) groups is 2. The van der Waals surface area contributed by atoms with E-state index in [9.17, 15) is 14.0 Å². The first-order chi connectivity index (χ1) is 12.3. The summed E-state index contributed by atoms with van der Waals surface area (Å²) in [6.07, 6.45) is 2.80. The van der Waals surface area contributed by atoms with Crippen LogP contribution in [0.3, 0.4) is 0 Å². The lowest BCUT2D eigenvalue weighted by Crippen LogP contribution is -2.55. The third-order valence-corrected chi connectivity index (χ3v) is 4.59. The highest BCUT2D eigenvalue weighted by Crippen LogP contribution is 2.09. The standard InChI is InChI=1S/C19H31FN4O2/c1-4-7-16(17(25)23-13-19(21,5-2)6-3)24-18(26)22-12-14-8-10-15(20)11-9-14/h8-11,16H,4-7,12-13,21H2,1-3H3,(H,23,25)(H2,22,24,26). The van der Waals surface area contributed by atoms with E-state index in [-0.39, 0.29) is 18.3 Å². The fourth-order valence-corrected chi connectivity index (χ4v) is 2.44. The molecule has 0 bridgehead atoms. The van der Waals surface area contributed by atoms with Crippen LogP contribution in [-0.4, -0.2) is 30.1 Å². The fraction of sp³-hybridized carbons (Fsp3) is 0.579. The summed E-state index contributed by atoms with van der Waals surface area (Å²) in [6, 6.07) is 4.81. The maximum absolute atomic E-state index is 12.9. The molecular weight excluding hydrogens is 335 g/mol. The van der Waals surface area contributed by atoms with Crippen LogP contribution in [0.2, 0.25) is 0 Å². The number of benzene rings is 1. The Balaban J connectivity index is 2.53. The third-order valence-electron chi connectivity index (χ3n) is 4.59. The first-order valence-electron chi connectivity index (χ1n) is 9.19. The van der Waals surface area contributed by atoms with Gasteiger partial charge in [-0.2, -0.15) is 0 Å². The molecule has 7 heteroatoms. The normalized spacial score (nSPS) is 12.3. The number of amides is 3. The monoisotopic (exact) mass is 366 g/mol. The van der Waals surface area contributed by atoms with Gasteiger partial charge in [-0.25, -0.2) is 9.18 Å². The molecule has 0 heterocycles. The second kappa shape index (κ2) is 10.8. The van der Waals surface area contributed by atoms with Gasteiger partial charge in [-0.15, -0.1) is 0 Å². The van der Waals surface area contributed by atoms with Crippen LogP contribution in [0.1, 0.15) is 52.0 Å². The Kier molecular flexibility index (Phi) is 9.05. The SMILES string of the molecule is CCCC(NC(=O)NCc1ccc(F)cc1)C(=O)NCC(N)(CC)CC. The molecule has 0 aliphatic carbocycles. The zero-order valence-electron chi connectivity index (χ0n) is 15.9. The minimum absolute atomic E-state index is 0.236. The predicted molar refractivity (Wildman–Crippen MR) is 101 cm³/mol. The van der Waals surface area contributed by atoms with Crippen molar-refractivity contribution in [3.63, 3.8) is 0 Å². The summed E-state index contributed by atoms with van der Waals surface area (Å²) in [4.78, 5) is 24.5. The third kappa shape index (κ3) is 7.39. The summed E-state index contributed by atoms with van der Waals surface area (Å²) in [6.45, 7) is 6.55. The fourth-order valence-electron chi connectivity index (χ4n) is 2.44. The number of hydrogen-bond donors (Lipinski definition) is 4. The van der Waals surface area contributed by atoms with E-state index in [4.69, 9.17) is 5.73 Å². The van der Waals surface area contributed by atoms with Crippen molar-refractivity contribution < 1.29 is 14.0 Å². The van der Waals surface area contributed by atoms with Crippen LogP contribution in [0, 0.1) is 5.82 Å². The molecule has 1 unspecified atom stereocenters. The number of hydrogen-bond acceptors (Lipinski definition) is 3. The second-order valence-electron chi connectivity index (χ2n) is 6.58. The topological polar surface area (TPSA) is 96.2 Å². The van der Waals surface area contributed by atoms with Crippen LogP contribution < -0.4 is 21.7 Å². The number of nitrogens with one attached hydrogen (secondary N) is 3. The minimum Gasteiger partial charge on any atom is -0.352 e. The van der Waals surface area contributed by atoms with Gasteiger partial charge in [-0.05, 0) is 37.0 Å². The van der Waals surface area contributed by atoms with Crippen LogP contribution in [0.5, 0.6) is 0 Å². The molecule has 0 aliphatic heterocycles. The van der Waals surface area contributed by atoms with Crippen molar-refractivity contribution in [1.82, 2.24) is 16.0 Å². The quantitative estimate of drug-likeness (QED) is 0.512. The Labute approximate surface area is 155 Å². The molecule has 26 heavy (non-hydrogen) atoms. The smallest absolute Gasteiger partial charge is 0.315 e. The van der Waals surface area contributed by atoms with E-state index in [1.54, 1.807) is 12.1 Å². The maximum Gasteiger partial charge on any atom is 0.315 e. The van der Waals surface area contributed by atoms with Gasteiger partial charge in [0.05, 0.1) is 0 Å². The first-order valence-corrected chi connectivity index (χ1v) is 9.19. The van der Waals surface area contributed by atoms with Crippen LogP contribution in [0.15, 0.2) is 24.3 Å². The highest BCUT2D eigenvalue weighted by atomic mass is 19.1. The van der Waals surface area contributed by atoms with Crippen LogP contribution in [-0.2, 0) is 11.3 Å². The van der Waals surface area contributed by atoms with Gasteiger partial charge in [-0.3, -0.25) is 4.79 Å². The van der Waals surface area contributed by atoms with Gasteiger partial charge in [0.25, 0.3) is 0 Å². The highest BCUT2D eigenvalue weighted by molar-refractivity contribution is 5.87. The summed E-state index contributed by atoms with van der Waals surface area (Å²) in [7, 11) is 0. The molecular formula is C19H31FN4O2. The van der Waals surface area contributed by atoms with E-state index in [2.05, 4.69) is 16.0 Å². The summed E-state index contributed by atoms with van der Waals surface area (Å²) < 4.78 is 12.9. The molecule has 0 aliphatic rings. The zero-order chi connectivity index (χ0) is 19.6. The molecule has 6 nitrogen and oxygen atoms in total. The van der Waals surface area contributed by atoms with Gasteiger partial charge in [0, 0.05) is 18.6 Å². The molecule has 0 saturated heterocycles. The van der Waals surface area contributed by atoms with Gasteiger partial charge in [0.1, 0.15) is 11.9 Å². The summed E-state index contributed by atoms with van der Waals surface area (Å²) in [5, 5.41) is 8.22. The Morgan fingerprint density at radius 1 is 1.12 bits per heavy atom. The Morgan fingerprint density at radius 3 is 2.27 bits per heavy atom. The molecule has 0 saturated carbocycles. The molecule has 1 rings (SSSR count). The van der Waals surface area contributed by atoms with Crippen molar-refractivity contribution in [3.8, 4) is 0 Å². The second-order valence-corrected chi connectivity index (χ2v) is 6.58.